The van der Waals surface area contributed by atoms with Crippen LogP contribution >= 0.6 is 0 Å². The highest BCUT2D eigenvalue weighted by atomic mass is 16.5. The van der Waals surface area contributed by atoms with E-state index in [1.54, 1.807) is 7.11 Å². The molecule has 3 rings (SSSR count). The molecule has 1 aliphatic rings. The molecule has 2 heterocycles. The molecule has 1 aromatic carbocycles. The number of aliphatic imine (C=N–C) groups is 1. The van der Waals surface area contributed by atoms with Gasteiger partial charge in [-0.2, -0.15) is 4.98 Å². The lowest BCUT2D eigenvalue weighted by Crippen LogP contribution is -2.40. The molecule has 0 aliphatic carbocycles. The third-order valence-corrected chi connectivity index (χ3v) is 5.00. The summed E-state index contributed by atoms with van der Waals surface area (Å²) in [6, 6.07) is 8.40. The minimum absolute atomic E-state index is 0.276. The number of methoxy groups -OCH3 is 1. The quantitative estimate of drug-likeness (QED) is 0.583. The van der Waals surface area contributed by atoms with Crippen LogP contribution in [0, 0.1) is 0 Å². The van der Waals surface area contributed by atoms with Crippen LogP contribution in [0.1, 0.15) is 56.3 Å². The van der Waals surface area contributed by atoms with Gasteiger partial charge in [-0.1, -0.05) is 31.1 Å². The maximum atomic E-state index is 5.31. The first-order chi connectivity index (χ1) is 13.6. The minimum atomic E-state index is 0.276. The zero-order valence-electron chi connectivity index (χ0n) is 17.3. The van der Waals surface area contributed by atoms with E-state index in [4.69, 9.17) is 14.3 Å². The zero-order chi connectivity index (χ0) is 19.9. The summed E-state index contributed by atoms with van der Waals surface area (Å²) in [6.45, 7) is 9.66. The maximum absolute atomic E-state index is 5.31. The Kier molecular flexibility index (Phi) is 6.90. The topological polar surface area (TPSA) is 75.8 Å². The molecule has 0 bridgehead atoms. The third-order valence-electron chi connectivity index (χ3n) is 5.00. The SMILES string of the molecule is CCNC(=NCCc1nc(C(C)C)no1)N1CCC(c2ccc(OC)cc2)C1. The molecule has 1 unspecified atom stereocenters. The van der Waals surface area contributed by atoms with Gasteiger partial charge in [-0.3, -0.25) is 4.99 Å². The fourth-order valence-electron chi connectivity index (χ4n) is 3.39. The van der Waals surface area contributed by atoms with Gasteiger partial charge in [0, 0.05) is 37.9 Å². The van der Waals surface area contributed by atoms with Crippen LogP contribution < -0.4 is 10.1 Å². The lowest BCUT2D eigenvalue weighted by Gasteiger charge is -2.21. The lowest BCUT2D eigenvalue weighted by molar-refractivity contribution is 0.372. The van der Waals surface area contributed by atoms with E-state index in [1.807, 2.05) is 12.1 Å². The molecule has 0 saturated carbocycles. The summed E-state index contributed by atoms with van der Waals surface area (Å²) in [5, 5.41) is 7.43. The van der Waals surface area contributed by atoms with E-state index in [1.165, 1.54) is 5.56 Å². The molecule has 1 fully saturated rings. The van der Waals surface area contributed by atoms with Crippen LogP contribution in [0.15, 0.2) is 33.8 Å². The molecule has 152 valence electrons. The Morgan fingerprint density at radius 3 is 2.79 bits per heavy atom. The molecular weight excluding hydrogens is 354 g/mol. The van der Waals surface area contributed by atoms with E-state index in [9.17, 15) is 0 Å². The van der Waals surface area contributed by atoms with Crippen molar-refractivity contribution in [2.24, 2.45) is 4.99 Å². The number of guanidine groups is 1. The van der Waals surface area contributed by atoms with Gasteiger partial charge in [0.2, 0.25) is 5.89 Å². The Hall–Kier alpha value is -2.57. The highest BCUT2D eigenvalue weighted by Gasteiger charge is 2.26. The predicted molar refractivity (Wildman–Crippen MR) is 110 cm³/mol. The Morgan fingerprint density at radius 2 is 2.14 bits per heavy atom. The van der Waals surface area contributed by atoms with Gasteiger partial charge < -0.3 is 19.5 Å². The second kappa shape index (κ2) is 9.57. The molecule has 2 aromatic rings. The number of aromatic nitrogens is 2. The molecular formula is C21H31N5O2. The summed E-state index contributed by atoms with van der Waals surface area (Å²) in [7, 11) is 1.70. The van der Waals surface area contributed by atoms with Crippen LogP contribution in [-0.4, -0.2) is 54.3 Å². The lowest BCUT2D eigenvalue weighted by atomic mass is 9.98. The molecule has 7 nitrogen and oxygen atoms in total. The van der Waals surface area contributed by atoms with Crippen molar-refractivity contribution in [1.82, 2.24) is 20.4 Å². The van der Waals surface area contributed by atoms with Gasteiger partial charge in [-0.05, 0) is 31.0 Å². The first-order valence-corrected chi connectivity index (χ1v) is 10.1. The number of nitrogens with zero attached hydrogens (tertiary/aromatic N) is 4. The van der Waals surface area contributed by atoms with Crippen LogP contribution in [0.5, 0.6) is 5.75 Å². The Labute approximate surface area is 167 Å². The van der Waals surface area contributed by atoms with Crippen LogP contribution in [0.3, 0.4) is 0 Å². The van der Waals surface area contributed by atoms with Crippen LogP contribution in [-0.2, 0) is 6.42 Å². The first kappa shape index (κ1) is 20.2. The zero-order valence-corrected chi connectivity index (χ0v) is 17.3. The van der Waals surface area contributed by atoms with Crippen LogP contribution in [0.4, 0.5) is 0 Å². The van der Waals surface area contributed by atoms with E-state index < -0.39 is 0 Å². The van der Waals surface area contributed by atoms with Crippen molar-refractivity contribution < 1.29 is 9.26 Å². The van der Waals surface area contributed by atoms with E-state index >= 15 is 0 Å². The smallest absolute Gasteiger partial charge is 0.228 e. The van der Waals surface area contributed by atoms with Gasteiger partial charge in [0.1, 0.15) is 5.75 Å². The average Bonchev–Trinajstić information content (AvgIpc) is 3.37. The van der Waals surface area contributed by atoms with Crippen molar-refractivity contribution in [3.05, 3.63) is 41.5 Å². The fraction of sp³-hybridized carbons (Fsp3) is 0.571. The van der Waals surface area contributed by atoms with Gasteiger partial charge in [0.25, 0.3) is 0 Å². The van der Waals surface area contributed by atoms with Crippen LogP contribution in [0.25, 0.3) is 0 Å². The van der Waals surface area contributed by atoms with Crippen molar-refractivity contribution in [1.29, 1.82) is 0 Å². The molecule has 0 radical (unpaired) electrons. The Morgan fingerprint density at radius 1 is 1.36 bits per heavy atom. The van der Waals surface area contributed by atoms with Gasteiger partial charge in [-0.15, -0.1) is 0 Å². The summed E-state index contributed by atoms with van der Waals surface area (Å²) in [6.07, 6.45) is 1.78. The predicted octanol–water partition coefficient (Wildman–Crippen LogP) is 3.20. The highest BCUT2D eigenvalue weighted by molar-refractivity contribution is 5.80. The van der Waals surface area contributed by atoms with E-state index in [2.05, 4.69) is 53.3 Å². The normalized spacial score (nSPS) is 17.4. The third kappa shape index (κ3) is 5.03. The van der Waals surface area contributed by atoms with Crippen molar-refractivity contribution in [2.75, 3.05) is 33.3 Å². The van der Waals surface area contributed by atoms with Crippen molar-refractivity contribution in [3.8, 4) is 5.75 Å². The minimum Gasteiger partial charge on any atom is -0.497 e. The molecule has 28 heavy (non-hydrogen) atoms. The second-order valence-corrected chi connectivity index (χ2v) is 7.39. The summed E-state index contributed by atoms with van der Waals surface area (Å²) < 4.78 is 10.6. The molecule has 1 aliphatic heterocycles. The first-order valence-electron chi connectivity index (χ1n) is 10.1. The number of benzene rings is 1. The van der Waals surface area contributed by atoms with E-state index in [0.717, 1.165) is 43.6 Å². The molecule has 0 spiro atoms. The summed E-state index contributed by atoms with van der Waals surface area (Å²) in [5.74, 6) is 4.06. The second-order valence-electron chi connectivity index (χ2n) is 7.39. The largest absolute Gasteiger partial charge is 0.497 e. The number of nitrogens with one attached hydrogen (secondary N) is 1. The summed E-state index contributed by atoms with van der Waals surface area (Å²) in [4.78, 5) is 11.5. The number of hydrogen-bond donors (Lipinski definition) is 1. The van der Waals surface area contributed by atoms with E-state index in [-0.39, 0.29) is 5.92 Å². The number of likely N-dealkylation sites (tertiary alicyclic amines) is 1. The summed E-state index contributed by atoms with van der Waals surface area (Å²) in [5.41, 5.74) is 1.35. The molecule has 1 saturated heterocycles. The molecule has 0 amide bonds. The number of hydrogen-bond acceptors (Lipinski definition) is 5. The van der Waals surface area contributed by atoms with Crippen molar-refractivity contribution in [3.63, 3.8) is 0 Å². The molecule has 1 atom stereocenters. The maximum Gasteiger partial charge on any atom is 0.228 e. The van der Waals surface area contributed by atoms with Crippen molar-refractivity contribution >= 4 is 5.96 Å². The standard InChI is InChI=1S/C21H31N5O2/c1-5-22-21(23-12-10-19-24-20(15(2)3)25-28-19)26-13-11-17(14-26)16-6-8-18(27-4)9-7-16/h6-9,15,17H,5,10-14H2,1-4H3,(H,22,23). The Balaban J connectivity index is 1.58. The van der Waals surface area contributed by atoms with Gasteiger partial charge >= 0.3 is 0 Å². The average molecular weight is 386 g/mol. The number of ether oxygens (including phenoxy) is 1. The van der Waals surface area contributed by atoms with Gasteiger partial charge in [-0.25, -0.2) is 0 Å². The molecule has 1 aromatic heterocycles. The number of rotatable bonds is 7. The van der Waals surface area contributed by atoms with Crippen molar-refractivity contribution in [2.45, 2.75) is 45.4 Å². The van der Waals surface area contributed by atoms with E-state index in [0.29, 0.717) is 24.8 Å². The molecule has 7 heteroatoms. The van der Waals surface area contributed by atoms with Gasteiger partial charge in [0.05, 0.1) is 13.7 Å². The highest BCUT2D eigenvalue weighted by Crippen LogP contribution is 2.28. The van der Waals surface area contributed by atoms with Crippen LogP contribution in [0.2, 0.25) is 0 Å². The Bertz CT molecular complexity index is 769. The monoisotopic (exact) mass is 385 g/mol. The van der Waals surface area contributed by atoms with Gasteiger partial charge in [0.15, 0.2) is 11.8 Å². The fourth-order valence-corrected chi connectivity index (χ4v) is 3.39. The summed E-state index contributed by atoms with van der Waals surface area (Å²) >= 11 is 0. The molecule has 1 N–H and O–H groups in total.